The number of aliphatic carboxylic acids is 1. The molecule has 0 saturated heterocycles. The van der Waals surface area contributed by atoms with Gasteiger partial charge < -0.3 is 9.84 Å². The van der Waals surface area contributed by atoms with Gasteiger partial charge in [0.25, 0.3) is 0 Å². The maximum absolute atomic E-state index is 10.5. The Bertz CT molecular complexity index is 432. The van der Waals surface area contributed by atoms with Crippen LogP contribution in [0.2, 0.25) is 10.0 Å². The molecule has 0 aliphatic heterocycles. The Balaban J connectivity index is 2.95. The van der Waals surface area contributed by atoms with Gasteiger partial charge in [-0.2, -0.15) is 0 Å². The van der Waals surface area contributed by atoms with Crippen LogP contribution in [-0.4, -0.2) is 16.4 Å². The van der Waals surface area contributed by atoms with Crippen molar-refractivity contribution in [3.05, 3.63) is 40.1 Å². The van der Waals surface area contributed by atoms with Crippen LogP contribution in [0.5, 0.6) is 5.75 Å². The number of hydrogen-bond donors (Lipinski definition) is 1. The number of ether oxygens (including phenoxy) is 1. The molecule has 6 heteroatoms. The molecular weight excluding hydrogens is 319 g/mol. The molecule has 0 aromatic heterocycles. The number of carbonyl (C=O) groups is 1. The summed E-state index contributed by atoms with van der Waals surface area (Å²) in [7, 11) is 0. The first-order valence-electron chi connectivity index (χ1n) is 4.16. The molecule has 0 radical (unpaired) electrons. The topological polar surface area (TPSA) is 46.5 Å². The van der Waals surface area contributed by atoms with Gasteiger partial charge in [-0.15, -0.1) is 0 Å². The van der Waals surface area contributed by atoms with E-state index in [2.05, 4.69) is 15.9 Å². The van der Waals surface area contributed by atoms with Gasteiger partial charge in [0.15, 0.2) is 0 Å². The first-order valence-corrected chi connectivity index (χ1v) is 6.03. The second-order valence-electron chi connectivity index (χ2n) is 2.74. The highest BCUT2D eigenvalue weighted by Gasteiger charge is 2.08. The standard InChI is InChI=1S/C10H7BrCl2O3/c11-5-6(4-9(14)15)16-8-3-1-2-7(12)10(8)13/h1-4H,5H2,(H,14,15). The van der Waals surface area contributed by atoms with E-state index >= 15 is 0 Å². The van der Waals surface area contributed by atoms with Crippen LogP contribution in [0.15, 0.2) is 30.0 Å². The highest BCUT2D eigenvalue weighted by molar-refractivity contribution is 9.09. The third-order valence-corrected chi connectivity index (χ3v) is 2.93. The average molecular weight is 326 g/mol. The quantitative estimate of drug-likeness (QED) is 0.521. The fourth-order valence-electron chi connectivity index (χ4n) is 0.937. The summed E-state index contributed by atoms with van der Waals surface area (Å²) in [6.45, 7) is 0. The summed E-state index contributed by atoms with van der Waals surface area (Å²) in [6, 6.07) is 4.88. The molecule has 0 unspecified atom stereocenters. The summed E-state index contributed by atoms with van der Waals surface area (Å²) in [6.07, 6.45) is 0.950. The number of alkyl halides is 1. The van der Waals surface area contributed by atoms with Crippen LogP contribution in [0, 0.1) is 0 Å². The third kappa shape index (κ3) is 3.70. The molecule has 3 nitrogen and oxygen atoms in total. The minimum atomic E-state index is -1.09. The molecule has 0 bridgehead atoms. The number of halogens is 3. The van der Waals surface area contributed by atoms with Crippen molar-refractivity contribution in [2.24, 2.45) is 0 Å². The summed E-state index contributed by atoms with van der Waals surface area (Å²) < 4.78 is 5.30. The van der Waals surface area contributed by atoms with Crippen LogP contribution in [0.25, 0.3) is 0 Å². The lowest BCUT2D eigenvalue weighted by molar-refractivity contribution is -0.131. The Morgan fingerprint density at radius 3 is 2.75 bits per heavy atom. The Kier molecular flexibility index (Phi) is 5.12. The highest BCUT2D eigenvalue weighted by Crippen LogP contribution is 2.32. The number of carboxylic acid groups (broad SMARTS) is 1. The highest BCUT2D eigenvalue weighted by atomic mass is 79.9. The molecule has 86 valence electrons. The zero-order chi connectivity index (χ0) is 12.1. The van der Waals surface area contributed by atoms with Crippen LogP contribution >= 0.6 is 39.1 Å². The molecule has 0 fully saturated rings. The van der Waals surface area contributed by atoms with E-state index in [1.165, 1.54) is 0 Å². The van der Waals surface area contributed by atoms with Crippen LogP contribution in [0.3, 0.4) is 0 Å². The van der Waals surface area contributed by atoms with E-state index in [0.717, 1.165) is 6.08 Å². The zero-order valence-corrected chi connectivity index (χ0v) is 11.0. The van der Waals surface area contributed by atoms with Crippen molar-refractivity contribution in [2.75, 3.05) is 5.33 Å². The number of rotatable bonds is 4. The molecule has 0 aliphatic carbocycles. The molecule has 0 heterocycles. The summed E-state index contributed by atoms with van der Waals surface area (Å²) in [4.78, 5) is 10.5. The van der Waals surface area contributed by atoms with E-state index < -0.39 is 5.97 Å². The van der Waals surface area contributed by atoms with Gasteiger partial charge in [0, 0.05) is 0 Å². The summed E-state index contributed by atoms with van der Waals surface area (Å²) >= 11 is 14.8. The van der Waals surface area contributed by atoms with Crippen molar-refractivity contribution < 1.29 is 14.6 Å². The lowest BCUT2D eigenvalue weighted by Gasteiger charge is -2.09. The lowest BCUT2D eigenvalue weighted by atomic mass is 10.3. The SMILES string of the molecule is O=C(O)C=C(CBr)Oc1cccc(Cl)c1Cl. The molecule has 0 spiro atoms. The lowest BCUT2D eigenvalue weighted by Crippen LogP contribution is -2.01. The summed E-state index contributed by atoms with van der Waals surface area (Å²) in [5.41, 5.74) is 0. The number of benzene rings is 1. The van der Waals surface area contributed by atoms with Gasteiger partial charge >= 0.3 is 5.97 Å². The smallest absolute Gasteiger partial charge is 0.331 e. The van der Waals surface area contributed by atoms with E-state index in [1.807, 2.05) is 0 Å². The fraction of sp³-hybridized carbons (Fsp3) is 0.100. The Morgan fingerprint density at radius 2 is 2.19 bits per heavy atom. The Morgan fingerprint density at radius 1 is 1.50 bits per heavy atom. The first kappa shape index (κ1) is 13.4. The first-order chi connectivity index (χ1) is 7.54. The minimum Gasteiger partial charge on any atom is -0.478 e. The largest absolute Gasteiger partial charge is 0.478 e. The molecule has 1 aromatic rings. The number of hydrogen-bond acceptors (Lipinski definition) is 2. The molecule has 0 atom stereocenters. The number of allylic oxidation sites excluding steroid dienone is 1. The van der Waals surface area contributed by atoms with E-state index in [9.17, 15) is 4.79 Å². The van der Waals surface area contributed by atoms with Crippen molar-refractivity contribution in [2.45, 2.75) is 0 Å². The Labute approximate surface area is 111 Å². The average Bonchev–Trinajstić information content (AvgIpc) is 2.23. The van der Waals surface area contributed by atoms with Gasteiger partial charge in [-0.05, 0) is 12.1 Å². The van der Waals surface area contributed by atoms with Gasteiger partial charge in [-0.25, -0.2) is 4.79 Å². The van der Waals surface area contributed by atoms with Gasteiger partial charge in [0.1, 0.15) is 16.5 Å². The molecule has 0 aliphatic rings. The van der Waals surface area contributed by atoms with Crippen molar-refractivity contribution in [1.82, 2.24) is 0 Å². The molecule has 0 amide bonds. The second kappa shape index (κ2) is 6.13. The van der Waals surface area contributed by atoms with Gasteiger partial charge in [-0.1, -0.05) is 45.2 Å². The summed E-state index contributed by atoms with van der Waals surface area (Å²) in [5.74, 6) is -0.537. The third-order valence-electron chi connectivity index (χ3n) is 1.57. The van der Waals surface area contributed by atoms with Crippen LogP contribution in [-0.2, 0) is 4.79 Å². The van der Waals surface area contributed by atoms with Crippen LogP contribution in [0.4, 0.5) is 0 Å². The van der Waals surface area contributed by atoms with E-state index in [-0.39, 0.29) is 16.1 Å². The fourth-order valence-corrected chi connectivity index (χ4v) is 1.54. The van der Waals surface area contributed by atoms with Crippen molar-refractivity contribution in [1.29, 1.82) is 0 Å². The molecule has 0 saturated carbocycles. The van der Waals surface area contributed by atoms with Crippen LogP contribution < -0.4 is 4.74 Å². The molecule has 1 rings (SSSR count). The summed E-state index contributed by atoms with van der Waals surface area (Å²) in [5, 5.41) is 9.45. The predicted octanol–water partition coefficient (Wildman–Crippen LogP) is 3.74. The second-order valence-corrected chi connectivity index (χ2v) is 4.08. The van der Waals surface area contributed by atoms with Crippen molar-refractivity contribution in [3.63, 3.8) is 0 Å². The van der Waals surface area contributed by atoms with Gasteiger partial charge in [-0.3, -0.25) is 0 Å². The molecule has 16 heavy (non-hydrogen) atoms. The maximum atomic E-state index is 10.5. The van der Waals surface area contributed by atoms with E-state index in [0.29, 0.717) is 10.8 Å². The monoisotopic (exact) mass is 324 g/mol. The number of carboxylic acids is 1. The minimum absolute atomic E-state index is 0.233. The molecular formula is C10H7BrCl2O3. The van der Waals surface area contributed by atoms with Crippen LogP contribution in [0.1, 0.15) is 0 Å². The predicted molar refractivity (Wildman–Crippen MR) is 66.6 cm³/mol. The molecule has 1 aromatic carbocycles. The maximum Gasteiger partial charge on any atom is 0.331 e. The van der Waals surface area contributed by atoms with E-state index in [1.54, 1.807) is 18.2 Å². The van der Waals surface area contributed by atoms with Crippen molar-refractivity contribution >= 4 is 45.1 Å². The van der Waals surface area contributed by atoms with E-state index in [4.69, 9.17) is 33.0 Å². The van der Waals surface area contributed by atoms with Crippen molar-refractivity contribution in [3.8, 4) is 5.75 Å². The van der Waals surface area contributed by atoms with Gasteiger partial charge in [0.05, 0.1) is 16.4 Å². The van der Waals surface area contributed by atoms with Gasteiger partial charge in [0.2, 0.25) is 0 Å². The zero-order valence-electron chi connectivity index (χ0n) is 7.91. The molecule has 1 N–H and O–H groups in total. The Hall–Kier alpha value is -0.710. The normalized spacial score (nSPS) is 11.3.